The Bertz CT molecular complexity index is 457. The van der Waals surface area contributed by atoms with Gasteiger partial charge in [-0.05, 0) is 36.1 Å². The van der Waals surface area contributed by atoms with Gasteiger partial charge in [-0.3, -0.25) is 0 Å². The standard InChI is InChI=1S/C13H10S/c1-11-5-2-3-6-12(9-11)13-7-4-8-14-10-13/h2-3,5,7-10H,1H3. The summed E-state index contributed by atoms with van der Waals surface area (Å²) in [5.74, 6) is 0. The van der Waals surface area contributed by atoms with Gasteiger partial charge in [0.05, 0.1) is 0 Å². The van der Waals surface area contributed by atoms with Gasteiger partial charge in [-0.1, -0.05) is 23.9 Å². The lowest BCUT2D eigenvalue weighted by atomic mass is 10.1. The van der Waals surface area contributed by atoms with Crippen molar-refractivity contribution in [1.82, 2.24) is 0 Å². The molecule has 0 amide bonds. The molecule has 0 unspecified atom stereocenters. The van der Waals surface area contributed by atoms with Gasteiger partial charge in [0.2, 0.25) is 0 Å². The van der Waals surface area contributed by atoms with Crippen LogP contribution in [-0.4, -0.2) is 0 Å². The van der Waals surface area contributed by atoms with Crippen LogP contribution in [0.15, 0.2) is 69.4 Å². The lowest BCUT2D eigenvalue weighted by molar-refractivity contribution is 1.48. The first-order chi connectivity index (χ1) is 6.86. The molecule has 2 rings (SSSR count). The molecule has 68 valence electrons. The minimum Gasteiger partial charge on any atom is -0.113 e. The fourth-order valence-electron chi connectivity index (χ4n) is 1.27. The van der Waals surface area contributed by atoms with Gasteiger partial charge in [0, 0.05) is 16.6 Å². The zero-order valence-electron chi connectivity index (χ0n) is 7.95. The monoisotopic (exact) mass is 198 g/mol. The normalized spacial score (nSPS) is 18.8. The molecule has 0 atom stereocenters. The van der Waals surface area contributed by atoms with Crippen molar-refractivity contribution >= 4 is 11.8 Å². The second-order valence-electron chi connectivity index (χ2n) is 3.11. The predicted molar refractivity (Wildman–Crippen MR) is 62.8 cm³/mol. The van der Waals surface area contributed by atoms with Crippen molar-refractivity contribution in [1.29, 1.82) is 0 Å². The van der Waals surface area contributed by atoms with Crippen molar-refractivity contribution in [3.8, 4) is 0 Å². The lowest BCUT2D eigenvalue weighted by Crippen LogP contribution is -1.82. The molecule has 0 fully saturated rings. The fourth-order valence-corrected chi connectivity index (χ4v) is 1.82. The third kappa shape index (κ3) is 2.10. The van der Waals surface area contributed by atoms with E-state index in [1.54, 1.807) is 11.8 Å². The van der Waals surface area contributed by atoms with Crippen molar-refractivity contribution in [2.24, 2.45) is 0 Å². The van der Waals surface area contributed by atoms with Crippen molar-refractivity contribution in [3.63, 3.8) is 0 Å². The van der Waals surface area contributed by atoms with E-state index in [2.05, 4.69) is 35.9 Å². The van der Waals surface area contributed by atoms with Gasteiger partial charge in [0.1, 0.15) is 0 Å². The van der Waals surface area contributed by atoms with Crippen LogP contribution in [0.4, 0.5) is 0 Å². The molecule has 0 nitrogen and oxygen atoms in total. The van der Waals surface area contributed by atoms with E-state index >= 15 is 0 Å². The first-order valence-corrected chi connectivity index (χ1v) is 5.39. The zero-order valence-corrected chi connectivity index (χ0v) is 8.77. The molecule has 0 saturated carbocycles. The molecule has 0 bridgehead atoms. The highest BCUT2D eigenvalue weighted by atomic mass is 32.2. The van der Waals surface area contributed by atoms with Crippen molar-refractivity contribution in [2.45, 2.75) is 6.92 Å². The maximum Gasteiger partial charge on any atom is 0.0251 e. The maximum absolute atomic E-state index is 3.24. The first-order valence-electron chi connectivity index (χ1n) is 4.45. The maximum atomic E-state index is 3.24. The summed E-state index contributed by atoms with van der Waals surface area (Å²) in [6.07, 6.45) is 10.2. The van der Waals surface area contributed by atoms with E-state index in [1.165, 1.54) is 11.1 Å². The molecule has 2 aliphatic rings. The van der Waals surface area contributed by atoms with Crippen LogP contribution in [0.25, 0.3) is 0 Å². The Morgan fingerprint density at radius 2 is 2.29 bits per heavy atom. The van der Waals surface area contributed by atoms with E-state index < -0.39 is 0 Å². The van der Waals surface area contributed by atoms with E-state index in [0.717, 1.165) is 5.57 Å². The molecule has 0 aromatic heterocycles. The van der Waals surface area contributed by atoms with Crippen LogP contribution in [0.5, 0.6) is 0 Å². The summed E-state index contributed by atoms with van der Waals surface area (Å²) < 4.78 is 0. The molecule has 14 heavy (non-hydrogen) atoms. The average molecular weight is 198 g/mol. The molecule has 0 N–H and O–H groups in total. The van der Waals surface area contributed by atoms with E-state index in [9.17, 15) is 0 Å². The third-order valence-corrected chi connectivity index (χ3v) is 2.61. The Labute approximate surface area is 88.4 Å². The molecule has 0 spiro atoms. The third-order valence-electron chi connectivity index (χ3n) is 1.95. The minimum absolute atomic E-state index is 1.13. The van der Waals surface area contributed by atoms with Gasteiger partial charge < -0.3 is 0 Å². The van der Waals surface area contributed by atoms with Crippen LogP contribution in [-0.2, 0) is 0 Å². The number of rotatable bonds is 1. The number of hydrogen-bond acceptors (Lipinski definition) is 1. The Morgan fingerprint density at radius 1 is 1.36 bits per heavy atom. The van der Waals surface area contributed by atoms with E-state index in [4.69, 9.17) is 0 Å². The number of hydrogen-bond donors (Lipinski definition) is 0. The highest BCUT2D eigenvalue weighted by Crippen LogP contribution is 2.22. The highest BCUT2D eigenvalue weighted by Gasteiger charge is 2.01. The molecular formula is C13H10S. The average Bonchev–Trinajstić information content (AvgIpc) is 2.44. The largest absolute Gasteiger partial charge is 0.113 e. The molecule has 1 heteroatoms. The van der Waals surface area contributed by atoms with Gasteiger partial charge in [-0.2, -0.15) is 0 Å². The van der Waals surface area contributed by atoms with Crippen molar-refractivity contribution < 1.29 is 0 Å². The topological polar surface area (TPSA) is 0 Å². The van der Waals surface area contributed by atoms with E-state index in [1.807, 2.05) is 23.6 Å². The fraction of sp³-hybridized carbons (Fsp3) is 0.0769. The second kappa shape index (κ2) is 4.21. The highest BCUT2D eigenvalue weighted by molar-refractivity contribution is 8.04. The van der Waals surface area contributed by atoms with Gasteiger partial charge >= 0.3 is 0 Å². The Hall–Kier alpha value is -1.39. The Kier molecular flexibility index (Phi) is 2.76. The smallest absolute Gasteiger partial charge is 0.0251 e. The molecule has 1 heterocycles. The summed E-state index contributed by atoms with van der Waals surface area (Å²) in [5, 5.41) is 4.06. The summed E-state index contributed by atoms with van der Waals surface area (Å²) in [6.45, 7) is 2.09. The Morgan fingerprint density at radius 3 is 3.07 bits per heavy atom. The van der Waals surface area contributed by atoms with Gasteiger partial charge in [0.15, 0.2) is 0 Å². The van der Waals surface area contributed by atoms with Crippen molar-refractivity contribution in [2.75, 3.05) is 0 Å². The van der Waals surface area contributed by atoms with E-state index in [-0.39, 0.29) is 0 Å². The summed E-state index contributed by atoms with van der Waals surface area (Å²) in [4.78, 5) is 0. The van der Waals surface area contributed by atoms with Crippen LogP contribution in [0, 0.1) is 0 Å². The van der Waals surface area contributed by atoms with Crippen LogP contribution >= 0.6 is 11.8 Å². The van der Waals surface area contributed by atoms with Crippen LogP contribution in [0.1, 0.15) is 6.92 Å². The second-order valence-corrected chi connectivity index (χ2v) is 3.85. The van der Waals surface area contributed by atoms with Crippen LogP contribution in [0.3, 0.4) is 0 Å². The summed E-state index contributed by atoms with van der Waals surface area (Å²) in [5.41, 5.74) is 9.88. The molecule has 0 aromatic rings. The summed E-state index contributed by atoms with van der Waals surface area (Å²) in [6, 6.07) is 0. The predicted octanol–water partition coefficient (Wildman–Crippen LogP) is 3.88. The first kappa shape index (κ1) is 9.18. The molecule has 0 radical (unpaired) electrons. The van der Waals surface area contributed by atoms with Crippen molar-refractivity contribution in [3.05, 3.63) is 69.4 Å². The SMILES string of the molecule is CC1=CC(C2=CSC=C=C2)=C=CC=C1. The molecule has 1 aliphatic heterocycles. The van der Waals surface area contributed by atoms with Crippen LogP contribution in [0.2, 0.25) is 0 Å². The molecular weight excluding hydrogens is 188 g/mol. The minimum atomic E-state index is 1.13. The van der Waals surface area contributed by atoms with Crippen LogP contribution < -0.4 is 0 Å². The Balaban J connectivity index is 2.40. The van der Waals surface area contributed by atoms with Gasteiger partial charge in [-0.25, -0.2) is 0 Å². The molecule has 0 saturated heterocycles. The number of allylic oxidation sites excluding steroid dienone is 7. The molecule has 1 aliphatic carbocycles. The summed E-state index contributed by atoms with van der Waals surface area (Å²) in [7, 11) is 0. The van der Waals surface area contributed by atoms with E-state index in [0.29, 0.717) is 0 Å². The quantitative estimate of drug-likeness (QED) is 0.576. The summed E-state index contributed by atoms with van der Waals surface area (Å²) >= 11 is 1.65. The van der Waals surface area contributed by atoms with Gasteiger partial charge in [-0.15, -0.1) is 11.5 Å². The molecule has 0 aromatic carbocycles. The number of thioether (sulfide) groups is 1. The lowest BCUT2D eigenvalue weighted by Gasteiger charge is -2.02. The van der Waals surface area contributed by atoms with Gasteiger partial charge in [0.25, 0.3) is 0 Å². The zero-order chi connectivity index (χ0) is 9.80.